The number of hydrogen-bond donors (Lipinski definition) is 2. The average Bonchev–Trinajstić information content (AvgIpc) is 2.58. The molecule has 1 saturated heterocycles. The summed E-state index contributed by atoms with van der Waals surface area (Å²) in [5.41, 5.74) is 0. The van der Waals surface area contributed by atoms with Crippen LogP contribution < -0.4 is 5.32 Å². The SMILES string of the molecule is Cc1nnc(C2NCCC2O)o1. The highest BCUT2D eigenvalue weighted by molar-refractivity contribution is 4.96. The Morgan fingerprint density at radius 2 is 2.42 bits per heavy atom. The Balaban J connectivity index is 2.19. The Labute approximate surface area is 69.8 Å². The molecule has 5 nitrogen and oxygen atoms in total. The normalized spacial score (nSPS) is 29.5. The largest absolute Gasteiger partial charge is 0.424 e. The van der Waals surface area contributed by atoms with E-state index in [-0.39, 0.29) is 6.04 Å². The van der Waals surface area contributed by atoms with Gasteiger partial charge in [0.2, 0.25) is 11.8 Å². The number of hydrogen-bond acceptors (Lipinski definition) is 5. The first-order valence-corrected chi connectivity index (χ1v) is 3.99. The molecule has 2 N–H and O–H groups in total. The zero-order chi connectivity index (χ0) is 8.55. The van der Waals surface area contributed by atoms with Crippen molar-refractivity contribution in [2.24, 2.45) is 0 Å². The first-order valence-electron chi connectivity index (χ1n) is 3.99. The van der Waals surface area contributed by atoms with Gasteiger partial charge in [-0.05, 0) is 13.0 Å². The number of nitrogens with zero attached hydrogens (tertiary/aromatic N) is 2. The van der Waals surface area contributed by atoms with E-state index in [1.807, 2.05) is 0 Å². The number of rotatable bonds is 1. The highest BCUT2D eigenvalue weighted by Crippen LogP contribution is 2.21. The standard InChI is InChI=1S/C7H11N3O2/c1-4-9-10-7(12-4)6-5(11)2-3-8-6/h5-6,8,11H,2-3H2,1H3. The maximum absolute atomic E-state index is 9.46. The van der Waals surface area contributed by atoms with Crippen molar-refractivity contribution in [1.29, 1.82) is 0 Å². The van der Waals surface area contributed by atoms with Gasteiger partial charge in [0.05, 0.1) is 6.10 Å². The highest BCUT2D eigenvalue weighted by atomic mass is 16.4. The van der Waals surface area contributed by atoms with Crippen molar-refractivity contribution in [3.63, 3.8) is 0 Å². The number of aryl methyl sites for hydroxylation is 1. The molecule has 2 atom stereocenters. The van der Waals surface area contributed by atoms with Crippen molar-refractivity contribution in [1.82, 2.24) is 15.5 Å². The van der Waals surface area contributed by atoms with Crippen LogP contribution in [0.2, 0.25) is 0 Å². The summed E-state index contributed by atoms with van der Waals surface area (Å²) < 4.78 is 5.19. The van der Waals surface area contributed by atoms with Crippen LogP contribution in [0.5, 0.6) is 0 Å². The van der Waals surface area contributed by atoms with E-state index < -0.39 is 6.10 Å². The molecule has 0 aliphatic carbocycles. The van der Waals surface area contributed by atoms with Gasteiger partial charge < -0.3 is 14.8 Å². The van der Waals surface area contributed by atoms with E-state index in [4.69, 9.17) is 4.42 Å². The molecule has 1 aromatic rings. The summed E-state index contributed by atoms with van der Waals surface area (Å²) in [5.74, 6) is 1.02. The Kier molecular flexibility index (Phi) is 1.82. The Hall–Kier alpha value is -0.940. The van der Waals surface area contributed by atoms with Crippen LogP contribution in [-0.2, 0) is 0 Å². The molecule has 5 heteroatoms. The lowest BCUT2D eigenvalue weighted by Gasteiger charge is -2.08. The van der Waals surface area contributed by atoms with E-state index in [0.29, 0.717) is 11.8 Å². The quantitative estimate of drug-likeness (QED) is 0.607. The van der Waals surface area contributed by atoms with Crippen LogP contribution in [0.1, 0.15) is 24.2 Å². The molecular weight excluding hydrogens is 158 g/mol. The zero-order valence-corrected chi connectivity index (χ0v) is 6.82. The molecule has 2 rings (SSSR count). The monoisotopic (exact) mass is 169 g/mol. The maximum atomic E-state index is 9.46. The lowest BCUT2D eigenvalue weighted by Crippen LogP contribution is -2.21. The fourth-order valence-corrected chi connectivity index (χ4v) is 1.38. The summed E-state index contributed by atoms with van der Waals surface area (Å²) in [5, 5.41) is 20.1. The smallest absolute Gasteiger partial charge is 0.236 e. The van der Waals surface area contributed by atoms with E-state index in [1.54, 1.807) is 6.92 Å². The van der Waals surface area contributed by atoms with Crippen molar-refractivity contribution in [3.05, 3.63) is 11.8 Å². The first-order chi connectivity index (χ1) is 5.77. The number of aromatic nitrogens is 2. The van der Waals surface area contributed by atoms with Crippen molar-refractivity contribution >= 4 is 0 Å². The van der Waals surface area contributed by atoms with Crippen molar-refractivity contribution in [2.75, 3.05) is 6.54 Å². The lowest BCUT2D eigenvalue weighted by atomic mass is 10.2. The fourth-order valence-electron chi connectivity index (χ4n) is 1.38. The molecule has 0 bridgehead atoms. The van der Waals surface area contributed by atoms with Crippen LogP contribution in [0.25, 0.3) is 0 Å². The van der Waals surface area contributed by atoms with Gasteiger partial charge in [0.1, 0.15) is 6.04 Å². The third-order valence-electron chi connectivity index (χ3n) is 2.00. The van der Waals surface area contributed by atoms with Crippen LogP contribution >= 0.6 is 0 Å². The van der Waals surface area contributed by atoms with E-state index in [2.05, 4.69) is 15.5 Å². The molecule has 1 fully saturated rings. The van der Waals surface area contributed by atoms with Crippen molar-refractivity contribution in [2.45, 2.75) is 25.5 Å². The molecule has 2 heterocycles. The van der Waals surface area contributed by atoms with E-state index >= 15 is 0 Å². The molecule has 1 aliphatic rings. The zero-order valence-electron chi connectivity index (χ0n) is 6.82. The molecule has 0 amide bonds. The van der Waals surface area contributed by atoms with Crippen LogP contribution in [0.4, 0.5) is 0 Å². The van der Waals surface area contributed by atoms with Gasteiger partial charge in [-0.25, -0.2) is 0 Å². The second-order valence-corrected chi connectivity index (χ2v) is 2.95. The molecule has 12 heavy (non-hydrogen) atoms. The molecule has 0 radical (unpaired) electrons. The maximum Gasteiger partial charge on any atom is 0.236 e. The van der Waals surface area contributed by atoms with Gasteiger partial charge >= 0.3 is 0 Å². The summed E-state index contributed by atoms with van der Waals surface area (Å²) in [7, 11) is 0. The average molecular weight is 169 g/mol. The minimum Gasteiger partial charge on any atom is -0.424 e. The summed E-state index contributed by atoms with van der Waals surface area (Å²) in [6.07, 6.45) is 0.344. The molecular formula is C7H11N3O2. The minimum absolute atomic E-state index is 0.175. The van der Waals surface area contributed by atoms with E-state index in [0.717, 1.165) is 13.0 Å². The number of aliphatic hydroxyl groups is 1. The highest BCUT2D eigenvalue weighted by Gasteiger charge is 2.30. The Bertz CT molecular complexity index is 273. The van der Waals surface area contributed by atoms with Gasteiger partial charge in [0, 0.05) is 6.92 Å². The Morgan fingerprint density at radius 1 is 1.58 bits per heavy atom. The summed E-state index contributed by atoms with van der Waals surface area (Å²) in [4.78, 5) is 0. The van der Waals surface area contributed by atoms with Crippen LogP contribution in [0.15, 0.2) is 4.42 Å². The van der Waals surface area contributed by atoms with Crippen LogP contribution in [0, 0.1) is 6.92 Å². The van der Waals surface area contributed by atoms with Gasteiger partial charge in [-0.3, -0.25) is 0 Å². The van der Waals surface area contributed by atoms with Crippen LogP contribution in [-0.4, -0.2) is 28.0 Å². The summed E-state index contributed by atoms with van der Waals surface area (Å²) >= 11 is 0. The predicted molar refractivity (Wildman–Crippen MR) is 40.4 cm³/mol. The molecule has 0 aromatic carbocycles. The number of nitrogens with one attached hydrogen (secondary N) is 1. The molecule has 1 aromatic heterocycles. The van der Waals surface area contributed by atoms with Crippen molar-refractivity contribution in [3.8, 4) is 0 Å². The fraction of sp³-hybridized carbons (Fsp3) is 0.714. The van der Waals surface area contributed by atoms with Gasteiger partial charge in [-0.1, -0.05) is 0 Å². The van der Waals surface area contributed by atoms with Gasteiger partial charge in [0.25, 0.3) is 0 Å². The third kappa shape index (κ3) is 1.21. The van der Waals surface area contributed by atoms with Gasteiger partial charge in [0.15, 0.2) is 0 Å². The first kappa shape index (κ1) is 7.70. The number of aliphatic hydroxyl groups excluding tert-OH is 1. The van der Waals surface area contributed by atoms with E-state index in [9.17, 15) is 5.11 Å². The summed E-state index contributed by atoms with van der Waals surface area (Å²) in [6.45, 7) is 2.53. The Morgan fingerprint density at radius 3 is 2.92 bits per heavy atom. The topological polar surface area (TPSA) is 71.2 Å². The van der Waals surface area contributed by atoms with Gasteiger partial charge in [-0.15, -0.1) is 10.2 Å². The lowest BCUT2D eigenvalue weighted by molar-refractivity contribution is 0.146. The molecule has 1 aliphatic heterocycles. The second kappa shape index (κ2) is 2.84. The summed E-state index contributed by atoms with van der Waals surface area (Å²) in [6, 6.07) is -0.175. The van der Waals surface area contributed by atoms with Crippen molar-refractivity contribution < 1.29 is 9.52 Å². The molecule has 0 saturated carbocycles. The molecule has 66 valence electrons. The van der Waals surface area contributed by atoms with Gasteiger partial charge in [-0.2, -0.15) is 0 Å². The van der Waals surface area contributed by atoms with E-state index in [1.165, 1.54) is 0 Å². The molecule has 2 unspecified atom stereocenters. The van der Waals surface area contributed by atoms with Crippen LogP contribution in [0.3, 0.4) is 0 Å². The minimum atomic E-state index is -0.398. The molecule has 0 spiro atoms. The predicted octanol–water partition coefficient (Wildman–Crippen LogP) is -0.227. The second-order valence-electron chi connectivity index (χ2n) is 2.95. The third-order valence-corrected chi connectivity index (χ3v) is 2.00.